The maximum absolute atomic E-state index is 4.25. The summed E-state index contributed by atoms with van der Waals surface area (Å²) in [6.45, 7) is 6.62. The van der Waals surface area contributed by atoms with Crippen molar-refractivity contribution in [2.75, 3.05) is 19.6 Å². The molecule has 0 aromatic carbocycles. The molecular formula is C12H21N3S. The highest BCUT2D eigenvalue weighted by molar-refractivity contribution is 7.11. The molecule has 90 valence electrons. The standard InChI is InChI=1S/C12H21N3S/c1-10-15-9-12(16-10)8-13-5-2-3-11-4-6-14-7-11/h9,11,13-14H,2-8H2,1H3. The van der Waals surface area contributed by atoms with Gasteiger partial charge in [-0.1, -0.05) is 0 Å². The Balaban J connectivity index is 1.51. The number of aromatic nitrogens is 1. The van der Waals surface area contributed by atoms with Crippen molar-refractivity contribution in [3.8, 4) is 0 Å². The van der Waals surface area contributed by atoms with E-state index >= 15 is 0 Å². The minimum Gasteiger partial charge on any atom is -0.316 e. The van der Waals surface area contributed by atoms with Crippen LogP contribution in [0.1, 0.15) is 29.1 Å². The summed E-state index contributed by atoms with van der Waals surface area (Å²) in [6.07, 6.45) is 6.01. The minimum absolute atomic E-state index is 0.924. The maximum Gasteiger partial charge on any atom is 0.0897 e. The van der Waals surface area contributed by atoms with E-state index in [1.807, 2.05) is 6.20 Å². The maximum atomic E-state index is 4.25. The molecule has 0 aliphatic carbocycles. The quantitative estimate of drug-likeness (QED) is 0.745. The van der Waals surface area contributed by atoms with Gasteiger partial charge in [-0.2, -0.15) is 0 Å². The second-order valence-electron chi connectivity index (χ2n) is 4.52. The molecule has 1 unspecified atom stereocenters. The summed E-state index contributed by atoms with van der Waals surface area (Å²) < 4.78 is 0. The van der Waals surface area contributed by atoms with Crippen LogP contribution in [0, 0.1) is 12.8 Å². The van der Waals surface area contributed by atoms with Crippen LogP contribution >= 0.6 is 11.3 Å². The normalized spacial score (nSPS) is 20.4. The van der Waals surface area contributed by atoms with Crippen LogP contribution in [0.15, 0.2) is 6.20 Å². The molecule has 16 heavy (non-hydrogen) atoms. The van der Waals surface area contributed by atoms with E-state index < -0.39 is 0 Å². The number of hydrogen-bond acceptors (Lipinski definition) is 4. The molecule has 0 radical (unpaired) electrons. The van der Waals surface area contributed by atoms with Crippen LogP contribution in [0.3, 0.4) is 0 Å². The molecule has 1 fully saturated rings. The smallest absolute Gasteiger partial charge is 0.0897 e. The molecule has 0 amide bonds. The van der Waals surface area contributed by atoms with E-state index in [1.54, 1.807) is 11.3 Å². The summed E-state index contributed by atoms with van der Waals surface area (Å²) in [7, 11) is 0. The molecule has 2 rings (SSSR count). The molecule has 2 N–H and O–H groups in total. The minimum atomic E-state index is 0.924. The Bertz CT molecular complexity index is 305. The van der Waals surface area contributed by atoms with Gasteiger partial charge in [0.1, 0.15) is 0 Å². The first-order valence-electron chi connectivity index (χ1n) is 6.17. The Labute approximate surface area is 102 Å². The average molecular weight is 239 g/mol. The fourth-order valence-corrected chi connectivity index (χ4v) is 2.94. The molecule has 1 saturated heterocycles. The summed E-state index contributed by atoms with van der Waals surface area (Å²) in [5, 5.41) is 8.06. The lowest BCUT2D eigenvalue weighted by Gasteiger charge is -2.07. The Morgan fingerprint density at radius 1 is 1.62 bits per heavy atom. The van der Waals surface area contributed by atoms with Gasteiger partial charge in [0.05, 0.1) is 5.01 Å². The summed E-state index contributed by atoms with van der Waals surface area (Å²) >= 11 is 1.79. The van der Waals surface area contributed by atoms with Crippen molar-refractivity contribution in [2.24, 2.45) is 5.92 Å². The van der Waals surface area contributed by atoms with Crippen LogP contribution < -0.4 is 10.6 Å². The van der Waals surface area contributed by atoms with Gasteiger partial charge in [0.2, 0.25) is 0 Å². The fraction of sp³-hybridized carbons (Fsp3) is 0.750. The molecule has 1 atom stereocenters. The summed E-state index contributed by atoms with van der Waals surface area (Å²) in [4.78, 5) is 5.60. The van der Waals surface area contributed by atoms with Gasteiger partial charge < -0.3 is 10.6 Å². The topological polar surface area (TPSA) is 37.0 Å². The van der Waals surface area contributed by atoms with Crippen molar-refractivity contribution in [3.63, 3.8) is 0 Å². The lowest BCUT2D eigenvalue weighted by atomic mass is 10.0. The third kappa shape index (κ3) is 3.85. The van der Waals surface area contributed by atoms with Gasteiger partial charge in [0.25, 0.3) is 0 Å². The van der Waals surface area contributed by atoms with E-state index in [-0.39, 0.29) is 0 Å². The lowest BCUT2D eigenvalue weighted by molar-refractivity contribution is 0.493. The second-order valence-corrected chi connectivity index (χ2v) is 5.84. The van der Waals surface area contributed by atoms with Crippen molar-refractivity contribution < 1.29 is 0 Å². The zero-order chi connectivity index (χ0) is 11.2. The second kappa shape index (κ2) is 6.33. The largest absolute Gasteiger partial charge is 0.316 e. The van der Waals surface area contributed by atoms with Crippen molar-refractivity contribution in [1.82, 2.24) is 15.6 Å². The number of thiazole rings is 1. The molecule has 2 heterocycles. The number of rotatable bonds is 6. The highest BCUT2D eigenvalue weighted by Gasteiger charge is 2.13. The van der Waals surface area contributed by atoms with Crippen LogP contribution in [0.2, 0.25) is 0 Å². The van der Waals surface area contributed by atoms with Gasteiger partial charge >= 0.3 is 0 Å². The predicted molar refractivity (Wildman–Crippen MR) is 68.8 cm³/mol. The Morgan fingerprint density at radius 3 is 3.25 bits per heavy atom. The van der Waals surface area contributed by atoms with Gasteiger partial charge in [-0.25, -0.2) is 4.98 Å². The number of aryl methyl sites for hydroxylation is 1. The predicted octanol–water partition coefficient (Wildman–Crippen LogP) is 1.93. The Morgan fingerprint density at radius 2 is 2.56 bits per heavy atom. The van der Waals surface area contributed by atoms with Crippen LogP contribution in [-0.4, -0.2) is 24.6 Å². The van der Waals surface area contributed by atoms with E-state index in [0.29, 0.717) is 0 Å². The first-order chi connectivity index (χ1) is 7.84. The molecular weight excluding hydrogens is 218 g/mol. The SMILES string of the molecule is Cc1ncc(CNCCCC2CCNC2)s1. The molecule has 0 bridgehead atoms. The highest BCUT2D eigenvalue weighted by atomic mass is 32.1. The first kappa shape index (κ1) is 12.0. The van der Waals surface area contributed by atoms with E-state index in [1.165, 1.54) is 37.2 Å². The van der Waals surface area contributed by atoms with E-state index in [4.69, 9.17) is 0 Å². The molecule has 1 aliphatic rings. The van der Waals surface area contributed by atoms with Crippen LogP contribution in [0.5, 0.6) is 0 Å². The van der Waals surface area contributed by atoms with E-state index in [2.05, 4.69) is 22.5 Å². The third-order valence-electron chi connectivity index (χ3n) is 3.10. The van der Waals surface area contributed by atoms with Crippen molar-refractivity contribution in [3.05, 3.63) is 16.1 Å². The zero-order valence-electron chi connectivity index (χ0n) is 9.96. The highest BCUT2D eigenvalue weighted by Crippen LogP contribution is 2.14. The fourth-order valence-electron chi connectivity index (χ4n) is 2.18. The third-order valence-corrected chi connectivity index (χ3v) is 4.01. The molecule has 1 aliphatic heterocycles. The number of nitrogens with zero attached hydrogens (tertiary/aromatic N) is 1. The van der Waals surface area contributed by atoms with Crippen molar-refractivity contribution in [2.45, 2.75) is 32.7 Å². The van der Waals surface area contributed by atoms with Gasteiger partial charge in [-0.15, -0.1) is 11.3 Å². The molecule has 0 spiro atoms. The molecule has 1 aromatic heterocycles. The van der Waals surface area contributed by atoms with Crippen LogP contribution in [0.25, 0.3) is 0 Å². The van der Waals surface area contributed by atoms with Crippen LogP contribution in [0.4, 0.5) is 0 Å². The summed E-state index contributed by atoms with van der Waals surface area (Å²) in [6, 6.07) is 0. The van der Waals surface area contributed by atoms with Crippen molar-refractivity contribution >= 4 is 11.3 Å². The van der Waals surface area contributed by atoms with Gasteiger partial charge in [-0.05, 0) is 51.7 Å². The number of hydrogen-bond donors (Lipinski definition) is 2. The van der Waals surface area contributed by atoms with Gasteiger partial charge in [0.15, 0.2) is 0 Å². The number of nitrogens with one attached hydrogen (secondary N) is 2. The van der Waals surface area contributed by atoms with Gasteiger partial charge in [-0.3, -0.25) is 0 Å². The Kier molecular flexibility index (Phi) is 4.75. The summed E-state index contributed by atoms with van der Waals surface area (Å²) in [5.41, 5.74) is 0. The van der Waals surface area contributed by atoms with E-state index in [9.17, 15) is 0 Å². The van der Waals surface area contributed by atoms with Crippen LogP contribution in [-0.2, 0) is 6.54 Å². The summed E-state index contributed by atoms with van der Waals surface area (Å²) in [5.74, 6) is 0.924. The lowest BCUT2D eigenvalue weighted by Crippen LogP contribution is -2.16. The van der Waals surface area contributed by atoms with Crippen molar-refractivity contribution in [1.29, 1.82) is 0 Å². The molecule has 3 nitrogen and oxygen atoms in total. The average Bonchev–Trinajstić information content (AvgIpc) is 2.89. The molecule has 1 aromatic rings. The van der Waals surface area contributed by atoms with E-state index in [0.717, 1.165) is 24.0 Å². The molecule has 0 saturated carbocycles. The molecule has 4 heteroatoms. The Hall–Kier alpha value is -0.450. The first-order valence-corrected chi connectivity index (χ1v) is 6.99. The monoisotopic (exact) mass is 239 g/mol. The zero-order valence-corrected chi connectivity index (χ0v) is 10.8. The van der Waals surface area contributed by atoms with Gasteiger partial charge in [0, 0.05) is 17.6 Å².